The average Bonchev–Trinajstić information content (AvgIpc) is 3.29. The van der Waals surface area contributed by atoms with Gasteiger partial charge in [0, 0.05) is 13.6 Å². The fourth-order valence-electron chi connectivity index (χ4n) is 2.34. The predicted molar refractivity (Wildman–Crippen MR) is 81.7 cm³/mol. The Balaban J connectivity index is 2.46. The van der Waals surface area contributed by atoms with Crippen LogP contribution in [0.3, 0.4) is 0 Å². The highest BCUT2D eigenvalue weighted by Gasteiger charge is 2.35. The molecule has 2 rings (SSSR count). The number of carbonyl (C=O) groups is 1. The summed E-state index contributed by atoms with van der Waals surface area (Å²) in [5, 5.41) is 8.84. The maximum absolute atomic E-state index is 13.1. The van der Waals surface area contributed by atoms with E-state index in [0.29, 0.717) is 12.7 Å². The minimum atomic E-state index is -4.75. The SMILES string of the molecule is C[C@@H](CC(=O)O)c1cc(C(F)(F)F)cc(S(=O)(=O)N(C)CC2CO2)c1. The number of rotatable bonds is 7. The highest BCUT2D eigenvalue weighted by molar-refractivity contribution is 7.89. The quantitative estimate of drug-likeness (QED) is 0.733. The smallest absolute Gasteiger partial charge is 0.416 e. The summed E-state index contributed by atoms with van der Waals surface area (Å²) in [6.45, 7) is 1.88. The summed E-state index contributed by atoms with van der Waals surface area (Å²) in [6.07, 6.45) is -5.41. The van der Waals surface area contributed by atoms with Crippen LogP contribution in [0.25, 0.3) is 0 Å². The van der Waals surface area contributed by atoms with Crippen LogP contribution in [0.2, 0.25) is 0 Å². The van der Waals surface area contributed by atoms with Gasteiger partial charge < -0.3 is 9.84 Å². The summed E-state index contributed by atoms with van der Waals surface area (Å²) in [6, 6.07) is 2.45. The number of epoxide rings is 1. The van der Waals surface area contributed by atoms with Crippen LogP contribution >= 0.6 is 0 Å². The lowest BCUT2D eigenvalue weighted by molar-refractivity contribution is -0.138. The van der Waals surface area contributed by atoms with Crippen LogP contribution in [0.4, 0.5) is 13.2 Å². The lowest BCUT2D eigenvalue weighted by Crippen LogP contribution is -2.31. The molecule has 0 radical (unpaired) electrons. The van der Waals surface area contributed by atoms with E-state index in [4.69, 9.17) is 9.84 Å². The van der Waals surface area contributed by atoms with E-state index in [-0.39, 0.29) is 18.2 Å². The van der Waals surface area contributed by atoms with E-state index >= 15 is 0 Å². The molecule has 6 nitrogen and oxygen atoms in total. The number of carboxylic acid groups (broad SMARTS) is 1. The molecule has 0 amide bonds. The van der Waals surface area contributed by atoms with Crippen molar-refractivity contribution in [3.05, 3.63) is 29.3 Å². The van der Waals surface area contributed by atoms with Gasteiger partial charge in [-0.25, -0.2) is 8.42 Å². The van der Waals surface area contributed by atoms with Gasteiger partial charge in [0.15, 0.2) is 0 Å². The van der Waals surface area contributed by atoms with Crippen LogP contribution < -0.4 is 0 Å². The van der Waals surface area contributed by atoms with Crippen molar-refractivity contribution in [1.82, 2.24) is 4.31 Å². The second-order valence-electron chi connectivity index (χ2n) is 6.03. The number of halogens is 3. The monoisotopic (exact) mass is 381 g/mol. The Morgan fingerprint density at radius 3 is 2.48 bits per heavy atom. The summed E-state index contributed by atoms with van der Waals surface area (Å²) in [5.74, 6) is -1.96. The van der Waals surface area contributed by atoms with E-state index in [1.807, 2.05) is 0 Å². The fourth-order valence-corrected chi connectivity index (χ4v) is 3.62. The third-order valence-corrected chi connectivity index (χ3v) is 5.68. The summed E-state index contributed by atoms with van der Waals surface area (Å²) < 4.78 is 70.4. The van der Waals surface area contributed by atoms with Gasteiger partial charge in [0.1, 0.15) is 0 Å². The minimum absolute atomic E-state index is 0.00636. The number of alkyl halides is 3. The Hall–Kier alpha value is -1.65. The van der Waals surface area contributed by atoms with Gasteiger partial charge >= 0.3 is 12.1 Å². The van der Waals surface area contributed by atoms with Crippen LogP contribution in [0.1, 0.15) is 30.4 Å². The van der Waals surface area contributed by atoms with Gasteiger partial charge in [0.05, 0.1) is 29.6 Å². The Morgan fingerprint density at radius 2 is 2.00 bits per heavy atom. The van der Waals surface area contributed by atoms with Gasteiger partial charge in [-0.3, -0.25) is 4.79 Å². The number of carboxylic acids is 1. The van der Waals surface area contributed by atoms with Crippen molar-refractivity contribution in [2.75, 3.05) is 20.2 Å². The predicted octanol–water partition coefficient (Wildman–Crippen LogP) is 2.30. The zero-order chi connectivity index (χ0) is 19.0. The molecule has 1 aliphatic heterocycles. The van der Waals surface area contributed by atoms with Crippen LogP contribution in [0.5, 0.6) is 0 Å². The van der Waals surface area contributed by atoms with Crippen molar-refractivity contribution in [3.63, 3.8) is 0 Å². The van der Waals surface area contributed by atoms with Crippen LogP contribution in [-0.2, 0) is 25.7 Å². The molecule has 0 aliphatic carbocycles. The highest BCUT2D eigenvalue weighted by Crippen LogP contribution is 2.35. The Bertz CT molecular complexity index is 759. The van der Waals surface area contributed by atoms with E-state index in [1.165, 1.54) is 14.0 Å². The molecule has 1 saturated heterocycles. The molecule has 0 bridgehead atoms. The summed E-state index contributed by atoms with van der Waals surface area (Å²) >= 11 is 0. The zero-order valence-electron chi connectivity index (χ0n) is 13.6. The van der Waals surface area contributed by atoms with Gasteiger partial charge in [-0.2, -0.15) is 17.5 Å². The fraction of sp³-hybridized carbons (Fsp3) is 0.533. The van der Waals surface area contributed by atoms with Gasteiger partial charge in [-0.1, -0.05) is 6.92 Å². The van der Waals surface area contributed by atoms with Gasteiger partial charge in [-0.05, 0) is 29.7 Å². The van der Waals surface area contributed by atoms with Crippen molar-refractivity contribution in [2.45, 2.75) is 36.4 Å². The zero-order valence-corrected chi connectivity index (χ0v) is 14.4. The topological polar surface area (TPSA) is 87.2 Å². The molecule has 0 saturated carbocycles. The van der Waals surface area contributed by atoms with Crippen molar-refractivity contribution in [1.29, 1.82) is 0 Å². The highest BCUT2D eigenvalue weighted by atomic mass is 32.2. The summed E-state index contributed by atoms with van der Waals surface area (Å²) in [5.41, 5.74) is -1.12. The number of hydrogen-bond donors (Lipinski definition) is 1. The molecule has 1 N–H and O–H groups in total. The van der Waals surface area contributed by atoms with Gasteiger partial charge in [0.25, 0.3) is 0 Å². The molecule has 1 aliphatic rings. The lowest BCUT2D eigenvalue weighted by atomic mass is 9.96. The van der Waals surface area contributed by atoms with Crippen LogP contribution in [-0.4, -0.2) is 50.1 Å². The molecule has 1 aromatic carbocycles. The first-order valence-electron chi connectivity index (χ1n) is 7.43. The third-order valence-electron chi connectivity index (χ3n) is 3.88. The molecule has 140 valence electrons. The number of ether oxygens (including phenoxy) is 1. The number of aliphatic carboxylic acids is 1. The van der Waals surface area contributed by atoms with Crippen molar-refractivity contribution >= 4 is 16.0 Å². The number of hydrogen-bond acceptors (Lipinski definition) is 4. The molecule has 1 heterocycles. The molecule has 1 fully saturated rings. The largest absolute Gasteiger partial charge is 0.481 e. The van der Waals surface area contributed by atoms with Crippen molar-refractivity contribution in [3.8, 4) is 0 Å². The maximum atomic E-state index is 13.1. The van der Waals surface area contributed by atoms with E-state index < -0.39 is 45.0 Å². The van der Waals surface area contributed by atoms with Gasteiger partial charge in [-0.15, -0.1) is 0 Å². The van der Waals surface area contributed by atoms with E-state index in [9.17, 15) is 26.4 Å². The molecular formula is C15H18F3NO5S. The molecule has 1 unspecified atom stereocenters. The summed E-state index contributed by atoms with van der Waals surface area (Å²) in [4.78, 5) is 10.3. The Morgan fingerprint density at radius 1 is 1.40 bits per heavy atom. The number of likely N-dealkylation sites (N-methyl/N-ethyl adjacent to an activating group) is 1. The number of nitrogens with zero attached hydrogens (tertiary/aromatic N) is 1. The third kappa shape index (κ3) is 4.93. The summed E-state index contributed by atoms with van der Waals surface area (Å²) in [7, 11) is -2.89. The van der Waals surface area contributed by atoms with Crippen LogP contribution in [0.15, 0.2) is 23.1 Å². The van der Waals surface area contributed by atoms with E-state index in [1.54, 1.807) is 0 Å². The first-order chi connectivity index (χ1) is 11.4. The Labute approximate surface area is 143 Å². The molecule has 1 aromatic rings. The second-order valence-corrected chi connectivity index (χ2v) is 8.07. The Kier molecular flexibility index (Phi) is 5.45. The molecule has 0 aromatic heterocycles. The van der Waals surface area contributed by atoms with E-state index in [0.717, 1.165) is 16.4 Å². The van der Waals surface area contributed by atoms with E-state index in [2.05, 4.69) is 0 Å². The average molecular weight is 381 g/mol. The molecule has 10 heteroatoms. The molecular weight excluding hydrogens is 363 g/mol. The molecule has 2 atom stereocenters. The molecule has 25 heavy (non-hydrogen) atoms. The lowest BCUT2D eigenvalue weighted by Gasteiger charge is -2.20. The normalized spacial score (nSPS) is 19.0. The standard InChI is InChI=1S/C15H18F3NO5S/c1-9(3-14(20)21)10-4-11(15(16,17)18)6-13(5-10)25(22,23)19(2)7-12-8-24-12/h4-6,9,12H,3,7-8H2,1-2H3,(H,20,21)/t9-,12?/m0/s1. The molecule has 0 spiro atoms. The minimum Gasteiger partial charge on any atom is -0.481 e. The van der Waals surface area contributed by atoms with Crippen molar-refractivity contribution in [2.24, 2.45) is 0 Å². The maximum Gasteiger partial charge on any atom is 0.416 e. The van der Waals surface area contributed by atoms with Gasteiger partial charge in [0.2, 0.25) is 10.0 Å². The first-order valence-corrected chi connectivity index (χ1v) is 8.87. The number of sulfonamides is 1. The first kappa shape index (κ1) is 19.7. The number of benzene rings is 1. The second kappa shape index (κ2) is 6.93. The van der Waals surface area contributed by atoms with Crippen molar-refractivity contribution < 1.29 is 36.2 Å². The van der Waals surface area contributed by atoms with Crippen LogP contribution in [0, 0.1) is 0 Å².